The van der Waals surface area contributed by atoms with E-state index in [1.54, 1.807) is 11.3 Å². The summed E-state index contributed by atoms with van der Waals surface area (Å²) in [6.45, 7) is 4.87. The predicted molar refractivity (Wildman–Crippen MR) is 91.6 cm³/mol. The number of hydrogen-bond donors (Lipinski definition) is 1. The fourth-order valence-electron chi connectivity index (χ4n) is 3.02. The van der Waals surface area contributed by atoms with Crippen molar-refractivity contribution in [3.8, 4) is 0 Å². The number of fused-ring (bicyclic) bond motifs is 1. The van der Waals surface area contributed by atoms with Gasteiger partial charge in [0.05, 0.1) is 10.3 Å². The van der Waals surface area contributed by atoms with E-state index >= 15 is 0 Å². The molecule has 0 bridgehead atoms. The molecule has 1 aromatic rings. The topological polar surface area (TPSA) is 29.1 Å². The van der Waals surface area contributed by atoms with Crippen molar-refractivity contribution in [3.05, 3.63) is 21.4 Å². The Bertz CT molecular complexity index is 444. The zero-order chi connectivity index (χ0) is 15.2. The number of thiophene rings is 1. The number of amides is 1. The first-order valence-corrected chi connectivity index (χ1v) is 9.44. The second kappa shape index (κ2) is 8.19. The lowest BCUT2D eigenvalue weighted by Gasteiger charge is -2.19. The molecule has 1 aromatic heterocycles. The Kier molecular flexibility index (Phi) is 6.56. The molecule has 2 nitrogen and oxygen atoms in total. The lowest BCUT2D eigenvalue weighted by Crippen LogP contribution is -2.32. The molecule has 21 heavy (non-hydrogen) atoms. The summed E-state index contributed by atoms with van der Waals surface area (Å²) in [5.74, 6) is 0.525. The van der Waals surface area contributed by atoms with Crippen LogP contribution in [0, 0.1) is 5.92 Å². The van der Waals surface area contributed by atoms with Gasteiger partial charge in [0.15, 0.2) is 0 Å². The van der Waals surface area contributed by atoms with Gasteiger partial charge in [0, 0.05) is 11.4 Å². The molecule has 1 atom stereocenters. The van der Waals surface area contributed by atoms with Crippen LogP contribution < -0.4 is 5.32 Å². The third-order valence-corrected chi connectivity index (χ3v) is 6.23. The summed E-state index contributed by atoms with van der Waals surface area (Å²) in [6, 6.07) is 2.10. The van der Waals surface area contributed by atoms with Gasteiger partial charge in [-0.1, -0.05) is 33.1 Å². The molecule has 2 rings (SSSR count). The molecule has 1 aliphatic carbocycles. The van der Waals surface area contributed by atoms with Gasteiger partial charge in [0.1, 0.15) is 0 Å². The second-order valence-corrected chi connectivity index (χ2v) is 7.62. The molecule has 0 aromatic carbocycles. The molecule has 1 heterocycles. The van der Waals surface area contributed by atoms with Crippen LogP contribution in [0.2, 0.25) is 0 Å². The third kappa shape index (κ3) is 4.46. The van der Waals surface area contributed by atoms with Crippen molar-refractivity contribution in [2.45, 2.75) is 64.2 Å². The summed E-state index contributed by atoms with van der Waals surface area (Å²) < 4.78 is 0. The molecule has 1 unspecified atom stereocenters. The normalized spacial score (nSPS) is 16.4. The number of nitrogens with one attached hydrogen (secondary N) is 1. The summed E-state index contributed by atoms with van der Waals surface area (Å²) in [5, 5.41) is 3.04. The monoisotopic (exact) mass is 327 g/mol. The van der Waals surface area contributed by atoms with Gasteiger partial charge in [-0.05, 0) is 43.2 Å². The number of carbonyl (C=O) groups is 1. The fraction of sp³-hybridized carbons (Fsp3) is 0.706. The molecule has 118 valence electrons. The minimum Gasteiger partial charge on any atom is -0.350 e. The summed E-state index contributed by atoms with van der Waals surface area (Å²) in [7, 11) is 0. The Morgan fingerprint density at radius 2 is 2.00 bits per heavy atom. The maximum Gasteiger partial charge on any atom is 0.261 e. The fourth-order valence-corrected chi connectivity index (χ4v) is 4.63. The number of alkyl halides is 1. The van der Waals surface area contributed by atoms with E-state index in [2.05, 4.69) is 25.2 Å². The zero-order valence-corrected chi connectivity index (χ0v) is 14.7. The van der Waals surface area contributed by atoms with Crippen LogP contribution in [0.3, 0.4) is 0 Å². The standard InChI is InChI=1S/C17H26ClNOS/c1-3-12(4-2)14(18)11-19-17(20)16-10-13-8-6-5-7-9-15(13)21-16/h10,12,14H,3-9,11H2,1-2H3,(H,19,20). The van der Waals surface area contributed by atoms with Crippen LogP contribution in [0.1, 0.15) is 66.1 Å². The van der Waals surface area contributed by atoms with Crippen molar-refractivity contribution >= 4 is 28.8 Å². The van der Waals surface area contributed by atoms with Gasteiger partial charge in [-0.15, -0.1) is 22.9 Å². The Labute approximate surface area is 137 Å². The van der Waals surface area contributed by atoms with E-state index in [9.17, 15) is 4.79 Å². The van der Waals surface area contributed by atoms with E-state index < -0.39 is 0 Å². The highest BCUT2D eigenvalue weighted by atomic mass is 35.5. The highest BCUT2D eigenvalue weighted by Crippen LogP contribution is 2.29. The lowest BCUT2D eigenvalue weighted by atomic mass is 9.99. The van der Waals surface area contributed by atoms with Gasteiger partial charge in [-0.3, -0.25) is 4.79 Å². The van der Waals surface area contributed by atoms with Crippen LogP contribution in [-0.2, 0) is 12.8 Å². The molecular formula is C17H26ClNOS. The highest BCUT2D eigenvalue weighted by molar-refractivity contribution is 7.14. The average molecular weight is 328 g/mol. The van der Waals surface area contributed by atoms with Gasteiger partial charge < -0.3 is 5.32 Å². The molecular weight excluding hydrogens is 302 g/mol. The quantitative estimate of drug-likeness (QED) is 0.590. The van der Waals surface area contributed by atoms with Crippen molar-refractivity contribution in [3.63, 3.8) is 0 Å². The first-order chi connectivity index (χ1) is 10.2. The van der Waals surface area contributed by atoms with Crippen LogP contribution >= 0.6 is 22.9 Å². The van der Waals surface area contributed by atoms with Crippen molar-refractivity contribution in [1.29, 1.82) is 0 Å². The minimum atomic E-state index is 0.0294. The van der Waals surface area contributed by atoms with Crippen molar-refractivity contribution < 1.29 is 4.79 Å². The van der Waals surface area contributed by atoms with Gasteiger partial charge in [-0.2, -0.15) is 0 Å². The van der Waals surface area contributed by atoms with Gasteiger partial charge in [0.2, 0.25) is 0 Å². The molecule has 0 spiro atoms. The predicted octanol–water partition coefficient (Wildman–Crippen LogP) is 4.79. The van der Waals surface area contributed by atoms with Crippen molar-refractivity contribution in [1.82, 2.24) is 5.32 Å². The first kappa shape index (κ1) is 16.8. The van der Waals surface area contributed by atoms with Gasteiger partial charge in [0.25, 0.3) is 5.91 Å². The summed E-state index contributed by atoms with van der Waals surface area (Å²) >= 11 is 8.06. The molecule has 1 N–H and O–H groups in total. The maximum absolute atomic E-state index is 12.3. The molecule has 1 aliphatic rings. The largest absolute Gasteiger partial charge is 0.350 e. The Balaban J connectivity index is 1.92. The van der Waals surface area contributed by atoms with Crippen LogP contribution in [0.5, 0.6) is 0 Å². The highest BCUT2D eigenvalue weighted by Gasteiger charge is 2.19. The number of rotatable bonds is 6. The number of aryl methyl sites for hydroxylation is 2. The Morgan fingerprint density at radius 3 is 2.71 bits per heavy atom. The summed E-state index contributed by atoms with van der Waals surface area (Å²) in [6.07, 6.45) is 8.22. The van der Waals surface area contributed by atoms with E-state index in [1.165, 1.54) is 29.7 Å². The SMILES string of the molecule is CCC(CC)C(Cl)CNC(=O)c1cc2c(s1)CCCCC2. The molecule has 0 radical (unpaired) electrons. The van der Waals surface area contributed by atoms with Crippen LogP contribution in [0.25, 0.3) is 0 Å². The van der Waals surface area contributed by atoms with E-state index in [-0.39, 0.29) is 11.3 Å². The molecule has 4 heteroatoms. The van der Waals surface area contributed by atoms with E-state index in [0.717, 1.165) is 30.6 Å². The van der Waals surface area contributed by atoms with Crippen LogP contribution in [-0.4, -0.2) is 17.8 Å². The van der Waals surface area contributed by atoms with E-state index in [1.807, 2.05) is 0 Å². The van der Waals surface area contributed by atoms with Crippen LogP contribution in [0.4, 0.5) is 0 Å². The van der Waals surface area contributed by atoms with Gasteiger partial charge >= 0.3 is 0 Å². The lowest BCUT2D eigenvalue weighted by molar-refractivity contribution is 0.0955. The van der Waals surface area contributed by atoms with E-state index in [0.29, 0.717) is 12.5 Å². The maximum atomic E-state index is 12.3. The summed E-state index contributed by atoms with van der Waals surface area (Å²) in [4.78, 5) is 14.6. The second-order valence-electron chi connectivity index (χ2n) is 5.92. The zero-order valence-electron chi connectivity index (χ0n) is 13.1. The third-order valence-electron chi connectivity index (χ3n) is 4.49. The molecule has 0 saturated carbocycles. The molecule has 1 amide bonds. The minimum absolute atomic E-state index is 0.0294. The Hall–Kier alpha value is -0.540. The molecule has 0 aliphatic heterocycles. The molecule has 0 saturated heterocycles. The average Bonchev–Trinajstić information content (AvgIpc) is 2.77. The first-order valence-electron chi connectivity index (χ1n) is 8.19. The van der Waals surface area contributed by atoms with Crippen molar-refractivity contribution in [2.75, 3.05) is 6.54 Å². The molecule has 0 fully saturated rings. The number of hydrogen-bond acceptors (Lipinski definition) is 2. The Morgan fingerprint density at radius 1 is 1.29 bits per heavy atom. The number of halogens is 1. The summed E-state index contributed by atoms with van der Waals surface area (Å²) in [5.41, 5.74) is 1.39. The van der Waals surface area contributed by atoms with E-state index in [4.69, 9.17) is 11.6 Å². The number of carbonyl (C=O) groups excluding carboxylic acids is 1. The van der Waals surface area contributed by atoms with Crippen LogP contribution in [0.15, 0.2) is 6.07 Å². The van der Waals surface area contributed by atoms with Crippen molar-refractivity contribution in [2.24, 2.45) is 5.92 Å². The smallest absolute Gasteiger partial charge is 0.261 e. The van der Waals surface area contributed by atoms with Gasteiger partial charge in [-0.25, -0.2) is 0 Å².